The summed E-state index contributed by atoms with van der Waals surface area (Å²) in [7, 11) is 0. The molecule has 1 aliphatic rings. The van der Waals surface area contributed by atoms with Gasteiger partial charge in [-0.15, -0.1) is 0 Å². The zero-order valence-electron chi connectivity index (χ0n) is 13.5. The number of rotatable bonds is 5. The standard InChI is InChI=1S/C18H22ClN3O2/c19-14-6-8-15(9-7-14)21-18(23)20-13-16(17-5-4-12-24-17)22-10-2-1-3-11-22/h4-9,12,16H,1-3,10-11,13H2,(H2,20,21,23)/t16-/m0/s1. The molecule has 3 rings (SSSR count). The van der Waals surface area contributed by atoms with Crippen molar-refractivity contribution in [1.82, 2.24) is 10.2 Å². The van der Waals surface area contributed by atoms with Crippen LogP contribution < -0.4 is 10.6 Å². The summed E-state index contributed by atoms with van der Waals surface area (Å²) in [5.74, 6) is 0.892. The first-order chi connectivity index (χ1) is 11.7. The number of anilines is 1. The quantitative estimate of drug-likeness (QED) is 0.848. The summed E-state index contributed by atoms with van der Waals surface area (Å²) in [6.45, 7) is 2.57. The number of furan rings is 1. The molecule has 0 saturated carbocycles. The Morgan fingerprint density at radius 2 is 1.92 bits per heavy atom. The van der Waals surface area contributed by atoms with E-state index in [1.165, 1.54) is 19.3 Å². The van der Waals surface area contributed by atoms with Gasteiger partial charge in [-0.25, -0.2) is 4.79 Å². The number of halogens is 1. The summed E-state index contributed by atoms with van der Waals surface area (Å²) in [5, 5.41) is 6.40. The maximum Gasteiger partial charge on any atom is 0.319 e. The van der Waals surface area contributed by atoms with Crippen molar-refractivity contribution in [3.05, 3.63) is 53.4 Å². The van der Waals surface area contributed by atoms with Crippen LogP contribution in [0.25, 0.3) is 0 Å². The third kappa shape index (κ3) is 4.52. The lowest BCUT2D eigenvalue weighted by Gasteiger charge is -2.33. The Kier molecular flexibility index (Phi) is 5.77. The fourth-order valence-electron chi connectivity index (χ4n) is 3.02. The number of carbonyl (C=O) groups excluding carboxylic acids is 1. The van der Waals surface area contributed by atoms with E-state index in [2.05, 4.69) is 15.5 Å². The number of nitrogens with one attached hydrogen (secondary N) is 2. The van der Waals surface area contributed by atoms with E-state index >= 15 is 0 Å². The number of piperidine rings is 1. The van der Waals surface area contributed by atoms with Gasteiger partial charge < -0.3 is 15.1 Å². The lowest BCUT2D eigenvalue weighted by molar-refractivity contribution is 0.144. The van der Waals surface area contributed by atoms with Crippen molar-refractivity contribution in [3.8, 4) is 0 Å². The van der Waals surface area contributed by atoms with Crippen LogP contribution in [0.1, 0.15) is 31.1 Å². The highest BCUT2D eigenvalue weighted by Crippen LogP contribution is 2.24. The molecule has 0 aliphatic carbocycles. The van der Waals surface area contributed by atoms with Crippen molar-refractivity contribution in [2.24, 2.45) is 0 Å². The minimum atomic E-state index is -0.231. The normalized spacial score (nSPS) is 16.5. The second-order valence-corrected chi connectivity index (χ2v) is 6.41. The van der Waals surface area contributed by atoms with E-state index in [-0.39, 0.29) is 12.1 Å². The summed E-state index contributed by atoms with van der Waals surface area (Å²) in [5.41, 5.74) is 0.712. The highest BCUT2D eigenvalue weighted by Gasteiger charge is 2.24. The first-order valence-electron chi connectivity index (χ1n) is 8.30. The molecule has 1 aromatic heterocycles. The zero-order valence-corrected chi connectivity index (χ0v) is 14.3. The summed E-state index contributed by atoms with van der Waals surface area (Å²) in [6, 6.07) is 10.7. The molecule has 1 atom stereocenters. The Morgan fingerprint density at radius 3 is 2.58 bits per heavy atom. The Labute approximate surface area is 147 Å². The first kappa shape index (κ1) is 16.9. The van der Waals surface area contributed by atoms with Crippen LogP contribution in [0, 0.1) is 0 Å². The van der Waals surface area contributed by atoms with Gasteiger partial charge in [0, 0.05) is 17.3 Å². The fraction of sp³-hybridized carbons (Fsp3) is 0.389. The molecular weight excluding hydrogens is 326 g/mol. The lowest BCUT2D eigenvalue weighted by Crippen LogP contribution is -2.41. The van der Waals surface area contributed by atoms with E-state index in [0.29, 0.717) is 17.3 Å². The molecule has 2 aromatic rings. The topological polar surface area (TPSA) is 57.5 Å². The van der Waals surface area contributed by atoms with Crippen LogP contribution in [0.4, 0.5) is 10.5 Å². The first-order valence-corrected chi connectivity index (χ1v) is 8.68. The molecule has 0 radical (unpaired) electrons. The van der Waals surface area contributed by atoms with E-state index in [1.807, 2.05) is 12.1 Å². The van der Waals surface area contributed by atoms with Gasteiger partial charge in [-0.05, 0) is 62.3 Å². The average Bonchev–Trinajstić information content (AvgIpc) is 3.12. The second-order valence-electron chi connectivity index (χ2n) is 5.97. The molecule has 2 heterocycles. The number of likely N-dealkylation sites (tertiary alicyclic amines) is 1. The maximum absolute atomic E-state index is 12.1. The average molecular weight is 348 g/mol. The molecule has 24 heavy (non-hydrogen) atoms. The van der Waals surface area contributed by atoms with Gasteiger partial charge in [0.15, 0.2) is 0 Å². The molecular formula is C18H22ClN3O2. The third-order valence-electron chi connectivity index (χ3n) is 4.26. The highest BCUT2D eigenvalue weighted by atomic mass is 35.5. The molecule has 6 heteroatoms. The Morgan fingerprint density at radius 1 is 1.17 bits per heavy atom. The molecule has 1 fully saturated rings. The summed E-state index contributed by atoms with van der Waals surface area (Å²) in [6.07, 6.45) is 5.33. The van der Waals surface area contributed by atoms with Crippen molar-refractivity contribution in [3.63, 3.8) is 0 Å². The van der Waals surface area contributed by atoms with Crippen molar-refractivity contribution in [1.29, 1.82) is 0 Å². The third-order valence-corrected chi connectivity index (χ3v) is 4.51. The lowest BCUT2D eigenvalue weighted by atomic mass is 10.1. The largest absolute Gasteiger partial charge is 0.468 e. The van der Waals surface area contributed by atoms with Gasteiger partial charge in [0.1, 0.15) is 5.76 Å². The van der Waals surface area contributed by atoms with E-state index in [1.54, 1.807) is 30.5 Å². The van der Waals surface area contributed by atoms with Crippen molar-refractivity contribution in [2.75, 3.05) is 25.0 Å². The Hall–Kier alpha value is -1.98. The molecule has 5 nitrogen and oxygen atoms in total. The number of nitrogens with zero attached hydrogens (tertiary/aromatic N) is 1. The molecule has 2 N–H and O–H groups in total. The number of benzene rings is 1. The second kappa shape index (κ2) is 8.22. The minimum Gasteiger partial charge on any atom is -0.468 e. The molecule has 0 bridgehead atoms. The van der Waals surface area contributed by atoms with Gasteiger partial charge in [-0.1, -0.05) is 18.0 Å². The number of hydrogen-bond donors (Lipinski definition) is 2. The molecule has 128 valence electrons. The van der Waals surface area contributed by atoms with Crippen molar-refractivity contribution >= 4 is 23.3 Å². The van der Waals surface area contributed by atoms with Gasteiger partial charge >= 0.3 is 6.03 Å². The van der Waals surface area contributed by atoms with Crippen LogP contribution in [-0.2, 0) is 0 Å². The van der Waals surface area contributed by atoms with Crippen LogP contribution in [0.5, 0.6) is 0 Å². The molecule has 1 aliphatic heterocycles. The summed E-state index contributed by atoms with van der Waals surface area (Å²) >= 11 is 5.85. The van der Waals surface area contributed by atoms with E-state index in [9.17, 15) is 4.79 Å². The number of urea groups is 1. The van der Waals surface area contributed by atoms with Gasteiger partial charge in [0.2, 0.25) is 0 Å². The van der Waals surface area contributed by atoms with E-state index < -0.39 is 0 Å². The predicted octanol–water partition coefficient (Wildman–Crippen LogP) is 4.28. The van der Waals surface area contributed by atoms with Crippen LogP contribution in [-0.4, -0.2) is 30.6 Å². The molecule has 1 aromatic carbocycles. The monoisotopic (exact) mass is 347 g/mol. The minimum absolute atomic E-state index is 0.0660. The van der Waals surface area contributed by atoms with E-state index in [4.69, 9.17) is 16.0 Å². The van der Waals surface area contributed by atoms with Crippen LogP contribution in [0.2, 0.25) is 5.02 Å². The molecule has 0 unspecified atom stereocenters. The number of hydrogen-bond acceptors (Lipinski definition) is 3. The highest BCUT2D eigenvalue weighted by molar-refractivity contribution is 6.30. The smallest absolute Gasteiger partial charge is 0.319 e. The van der Waals surface area contributed by atoms with Crippen molar-refractivity contribution in [2.45, 2.75) is 25.3 Å². The van der Waals surface area contributed by atoms with Crippen LogP contribution in [0.3, 0.4) is 0 Å². The van der Waals surface area contributed by atoms with Gasteiger partial charge in [-0.3, -0.25) is 4.90 Å². The predicted molar refractivity (Wildman–Crippen MR) is 95.3 cm³/mol. The fourth-order valence-corrected chi connectivity index (χ4v) is 3.14. The summed E-state index contributed by atoms with van der Waals surface area (Å²) in [4.78, 5) is 14.5. The molecule has 0 spiro atoms. The number of amides is 2. The Bertz CT molecular complexity index is 637. The van der Waals surface area contributed by atoms with Gasteiger partial charge in [-0.2, -0.15) is 0 Å². The number of carbonyl (C=O) groups is 1. The SMILES string of the molecule is O=C(NC[C@@H](c1ccco1)N1CCCCC1)Nc1ccc(Cl)cc1. The maximum atomic E-state index is 12.1. The van der Waals surface area contributed by atoms with Crippen LogP contribution in [0.15, 0.2) is 47.1 Å². The van der Waals surface area contributed by atoms with Gasteiger partial charge in [0.25, 0.3) is 0 Å². The van der Waals surface area contributed by atoms with Gasteiger partial charge in [0.05, 0.1) is 12.3 Å². The summed E-state index contributed by atoms with van der Waals surface area (Å²) < 4.78 is 5.58. The molecule has 2 amide bonds. The van der Waals surface area contributed by atoms with Crippen LogP contribution >= 0.6 is 11.6 Å². The van der Waals surface area contributed by atoms with E-state index in [0.717, 1.165) is 18.8 Å². The Balaban J connectivity index is 1.58. The van der Waals surface area contributed by atoms with Crippen molar-refractivity contribution < 1.29 is 9.21 Å². The zero-order chi connectivity index (χ0) is 16.8. The molecule has 1 saturated heterocycles.